The minimum atomic E-state index is -1.15. The Labute approximate surface area is 51.4 Å². The van der Waals surface area contributed by atoms with Crippen molar-refractivity contribution in [2.75, 3.05) is 0 Å². The van der Waals surface area contributed by atoms with Crippen LogP contribution in [0.15, 0.2) is 5.10 Å². The zero-order chi connectivity index (χ0) is 7.28. The third kappa shape index (κ3) is 3.40. The normalized spacial score (nSPS) is 11.3. The van der Waals surface area contributed by atoms with Gasteiger partial charge in [-0.2, -0.15) is 0 Å². The van der Waals surface area contributed by atoms with E-state index in [1.807, 2.05) is 0 Å². The predicted molar refractivity (Wildman–Crippen MR) is 27.9 cm³/mol. The van der Waals surface area contributed by atoms with Crippen molar-refractivity contribution in [3.8, 4) is 0 Å². The summed E-state index contributed by atoms with van der Waals surface area (Å²) in [7, 11) is 0. The highest BCUT2D eigenvalue weighted by molar-refractivity contribution is 5.79. The number of nitrogens with one attached hydrogen (secondary N) is 1. The number of rotatable bonds is 2. The molecule has 0 bridgehead atoms. The van der Waals surface area contributed by atoms with Gasteiger partial charge in [0.15, 0.2) is 0 Å². The van der Waals surface area contributed by atoms with Crippen molar-refractivity contribution in [2.45, 2.75) is 13.0 Å². The fourth-order valence-corrected chi connectivity index (χ4v) is 0.171. The number of hydrogen-bond acceptors (Lipinski definition) is 4. The molecule has 2 N–H and O–H groups in total. The molecule has 0 fully saturated rings. The zero-order valence-corrected chi connectivity index (χ0v) is 4.79. The van der Waals surface area contributed by atoms with E-state index in [2.05, 4.69) is 5.10 Å². The van der Waals surface area contributed by atoms with E-state index in [0.29, 0.717) is 0 Å². The van der Waals surface area contributed by atoms with Crippen LogP contribution < -0.4 is 5.43 Å². The molecule has 0 spiro atoms. The fourth-order valence-electron chi connectivity index (χ4n) is 0.171. The van der Waals surface area contributed by atoms with Gasteiger partial charge >= 0.3 is 0 Å². The van der Waals surface area contributed by atoms with E-state index in [9.17, 15) is 9.59 Å². The molecule has 50 valence electrons. The summed E-state index contributed by atoms with van der Waals surface area (Å²) in [5, 5.41) is 11.2. The SMILES string of the molecule is CC(O)C(=O)NN=C=O. The van der Waals surface area contributed by atoms with Gasteiger partial charge in [-0.3, -0.25) is 4.79 Å². The quantitative estimate of drug-likeness (QED) is 0.278. The molecule has 1 amide bonds. The standard InChI is InChI=1S/C4H6N2O3/c1-3(8)4(9)6-5-2-7/h3,8H,1H3,(H,6,9). The summed E-state index contributed by atoms with van der Waals surface area (Å²) in [6.45, 7) is 1.26. The number of amides is 1. The number of aliphatic hydroxyl groups is 1. The molecule has 0 heterocycles. The third-order valence-electron chi connectivity index (χ3n) is 0.591. The minimum absolute atomic E-state index is 0.724. The molecule has 0 aliphatic rings. The summed E-state index contributed by atoms with van der Waals surface area (Å²) in [6, 6.07) is 0. The van der Waals surface area contributed by atoms with E-state index < -0.39 is 12.0 Å². The second kappa shape index (κ2) is 3.77. The maximum absolute atomic E-state index is 10.3. The molecule has 0 aliphatic carbocycles. The van der Waals surface area contributed by atoms with Crippen LogP contribution >= 0.6 is 0 Å². The van der Waals surface area contributed by atoms with E-state index >= 15 is 0 Å². The van der Waals surface area contributed by atoms with Gasteiger partial charge < -0.3 is 5.11 Å². The number of isocyanates is 1. The van der Waals surface area contributed by atoms with Crippen molar-refractivity contribution in [1.82, 2.24) is 5.43 Å². The summed E-state index contributed by atoms with van der Waals surface area (Å²) in [5.41, 5.74) is 1.74. The van der Waals surface area contributed by atoms with Gasteiger partial charge in [-0.05, 0) is 6.92 Å². The molecule has 5 nitrogen and oxygen atoms in total. The minimum Gasteiger partial charge on any atom is -0.383 e. The van der Waals surface area contributed by atoms with Crippen LogP contribution in [0.4, 0.5) is 0 Å². The van der Waals surface area contributed by atoms with Gasteiger partial charge in [0.2, 0.25) is 0 Å². The third-order valence-corrected chi connectivity index (χ3v) is 0.591. The molecule has 0 radical (unpaired) electrons. The van der Waals surface area contributed by atoms with Crippen LogP contribution in [-0.2, 0) is 9.59 Å². The van der Waals surface area contributed by atoms with E-state index in [0.717, 1.165) is 6.08 Å². The average molecular weight is 130 g/mol. The Bertz CT molecular complexity index is 148. The van der Waals surface area contributed by atoms with Crippen molar-refractivity contribution in [3.05, 3.63) is 0 Å². The molecule has 0 rings (SSSR count). The molecule has 0 saturated carbocycles. The lowest BCUT2D eigenvalue weighted by Gasteiger charge is -1.97. The first kappa shape index (κ1) is 7.81. The molecule has 0 saturated heterocycles. The van der Waals surface area contributed by atoms with Crippen LogP contribution in [0.1, 0.15) is 6.92 Å². The lowest BCUT2D eigenvalue weighted by atomic mass is 10.4. The van der Waals surface area contributed by atoms with Crippen molar-refractivity contribution >= 4 is 12.0 Å². The van der Waals surface area contributed by atoms with E-state index in [1.54, 1.807) is 5.43 Å². The first-order valence-corrected chi connectivity index (χ1v) is 2.23. The lowest BCUT2D eigenvalue weighted by molar-refractivity contribution is -0.128. The number of nitrogens with zero attached hydrogens (tertiary/aromatic N) is 1. The lowest BCUT2D eigenvalue weighted by Crippen LogP contribution is -2.28. The number of carbonyl (C=O) groups is 1. The van der Waals surface area contributed by atoms with Crippen LogP contribution in [0.5, 0.6) is 0 Å². The molecule has 0 aromatic heterocycles. The first-order valence-electron chi connectivity index (χ1n) is 2.23. The Morgan fingerprint density at radius 2 is 2.44 bits per heavy atom. The Kier molecular flexibility index (Phi) is 3.27. The van der Waals surface area contributed by atoms with Gasteiger partial charge in [-0.15, -0.1) is 0 Å². The molecular formula is C4H6N2O3. The van der Waals surface area contributed by atoms with E-state index in [4.69, 9.17) is 5.11 Å². The van der Waals surface area contributed by atoms with Gasteiger partial charge in [0.1, 0.15) is 6.10 Å². The highest BCUT2D eigenvalue weighted by atomic mass is 16.3. The van der Waals surface area contributed by atoms with Gasteiger partial charge in [-0.1, -0.05) is 5.10 Å². The van der Waals surface area contributed by atoms with Gasteiger partial charge in [-0.25, -0.2) is 10.2 Å². The Morgan fingerprint density at radius 1 is 1.89 bits per heavy atom. The summed E-state index contributed by atoms with van der Waals surface area (Å²) in [4.78, 5) is 19.6. The van der Waals surface area contributed by atoms with Gasteiger partial charge in [0.05, 0.1) is 0 Å². The molecule has 1 atom stereocenters. The first-order chi connectivity index (χ1) is 4.18. The molecule has 0 aromatic carbocycles. The predicted octanol–water partition coefficient (Wildman–Crippen LogP) is -1.27. The number of carbonyl (C=O) groups excluding carboxylic acids is 2. The van der Waals surface area contributed by atoms with Crippen LogP contribution in [0.2, 0.25) is 0 Å². The second-order valence-corrected chi connectivity index (χ2v) is 1.36. The molecular weight excluding hydrogens is 124 g/mol. The van der Waals surface area contributed by atoms with Crippen molar-refractivity contribution in [1.29, 1.82) is 0 Å². The van der Waals surface area contributed by atoms with Crippen LogP contribution in [-0.4, -0.2) is 23.2 Å². The van der Waals surface area contributed by atoms with Crippen LogP contribution in [0.3, 0.4) is 0 Å². The van der Waals surface area contributed by atoms with Crippen LogP contribution in [0, 0.1) is 0 Å². The number of hydrogen-bond donors (Lipinski definition) is 2. The molecule has 5 heteroatoms. The molecule has 9 heavy (non-hydrogen) atoms. The van der Waals surface area contributed by atoms with Crippen molar-refractivity contribution < 1.29 is 14.7 Å². The largest absolute Gasteiger partial charge is 0.383 e. The zero-order valence-electron chi connectivity index (χ0n) is 4.79. The molecule has 0 aliphatic heterocycles. The smallest absolute Gasteiger partial charge is 0.269 e. The average Bonchev–Trinajstić information content (AvgIpc) is 1.82. The summed E-state index contributed by atoms with van der Waals surface area (Å²) >= 11 is 0. The molecule has 0 aromatic rings. The van der Waals surface area contributed by atoms with E-state index in [-0.39, 0.29) is 0 Å². The van der Waals surface area contributed by atoms with E-state index in [1.165, 1.54) is 6.92 Å². The fraction of sp³-hybridized carbons (Fsp3) is 0.500. The van der Waals surface area contributed by atoms with Crippen molar-refractivity contribution in [2.24, 2.45) is 5.10 Å². The summed E-state index contributed by atoms with van der Waals surface area (Å²) in [6.07, 6.45) is -0.0654. The second-order valence-electron chi connectivity index (χ2n) is 1.36. The number of hydrazone groups is 1. The summed E-state index contributed by atoms with van der Waals surface area (Å²) in [5.74, 6) is -0.724. The Morgan fingerprint density at radius 3 is 2.78 bits per heavy atom. The number of aliphatic hydroxyl groups excluding tert-OH is 1. The Balaban J connectivity index is 3.64. The monoisotopic (exact) mass is 130 g/mol. The Hall–Kier alpha value is -1.19. The van der Waals surface area contributed by atoms with Gasteiger partial charge in [0, 0.05) is 0 Å². The highest BCUT2D eigenvalue weighted by Gasteiger charge is 2.05. The maximum atomic E-state index is 10.3. The maximum Gasteiger partial charge on any atom is 0.269 e. The van der Waals surface area contributed by atoms with Crippen LogP contribution in [0.25, 0.3) is 0 Å². The molecule has 1 unspecified atom stereocenters. The summed E-state index contributed by atoms with van der Waals surface area (Å²) < 4.78 is 0. The van der Waals surface area contributed by atoms with Gasteiger partial charge in [0.25, 0.3) is 12.0 Å². The highest BCUT2D eigenvalue weighted by Crippen LogP contribution is 1.76. The van der Waals surface area contributed by atoms with Crippen molar-refractivity contribution in [3.63, 3.8) is 0 Å². The topological polar surface area (TPSA) is 78.8 Å².